The molecule has 150 valence electrons. The Labute approximate surface area is 171 Å². The highest BCUT2D eigenvalue weighted by atomic mass is 16.5. The van der Waals surface area contributed by atoms with Crippen LogP contribution in [-0.2, 0) is 4.79 Å². The average Bonchev–Trinajstić information content (AvgIpc) is 2.77. The van der Waals surface area contributed by atoms with Gasteiger partial charge >= 0.3 is 0 Å². The number of hydrogen-bond donors (Lipinski definition) is 0. The number of nitrogens with zero attached hydrogens (tertiary/aromatic N) is 4. The largest absolute Gasteiger partial charge is 0.494 e. The summed E-state index contributed by atoms with van der Waals surface area (Å²) in [5.74, 6) is 1.93. The lowest BCUT2D eigenvalue weighted by Crippen LogP contribution is -2.49. The van der Waals surface area contributed by atoms with Crippen LogP contribution in [0, 0.1) is 6.92 Å². The summed E-state index contributed by atoms with van der Waals surface area (Å²) in [7, 11) is 0. The number of amides is 1. The topological polar surface area (TPSA) is 58.6 Å². The Morgan fingerprint density at radius 3 is 2.48 bits per heavy atom. The van der Waals surface area contributed by atoms with Crippen molar-refractivity contribution >= 4 is 22.8 Å². The van der Waals surface area contributed by atoms with Crippen LogP contribution in [0.25, 0.3) is 11.0 Å². The number of benzene rings is 2. The molecule has 0 bridgehead atoms. The Morgan fingerprint density at radius 2 is 1.72 bits per heavy atom. The van der Waals surface area contributed by atoms with E-state index in [1.807, 2.05) is 59.6 Å². The Kier molecular flexibility index (Phi) is 5.89. The van der Waals surface area contributed by atoms with Gasteiger partial charge in [-0.3, -0.25) is 9.78 Å². The molecular weight excluding hydrogens is 364 g/mol. The van der Waals surface area contributed by atoms with Crippen LogP contribution in [0.2, 0.25) is 0 Å². The van der Waals surface area contributed by atoms with Crippen LogP contribution in [-0.4, -0.2) is 53.6 Å². The van der Waals surface area contributed by atoms with E-state index in [9.17, 15) is 4.79 Å². The second-order valence-corrected chi connectivity index (χ2v) is 7.35. The summed E-state index contributed by atoms with van der Waals surface area (Å²) in [4.78, 5) is 25.8. The minimum atomic E-state index is 0.196. The van der Waals surface area contributed by atoms with Gasteiger partial charge in [-0.2, -0.15) is 0 Å². The quantitative estimate of drug-likeness (QED) is 0.604. The normalized spacial score (nSPS) is 14.2. The van der Waals surface area contributed by atoms with E-state index in [0.29, 0.717) is 26.1 Å². The molecule has 6 heteroatoms. The summed E-state index contributed by atoms with van der Waals surface area (Å²) < 4.78 is 5.71. The Balaban J connectivity index is 1.22. The molecule has 1 aliphatic heterocycles. The van der Waals surface area contributed by atoms with Crippen LogP contribution >= 0.6 is 0 Å². The maximum atomic E-state index is 12.5. The zero-order valence-electron chi connectivity index (χ0n) is 16.8. The lowest BCUT2D eigenvalue weighted by molar-refractivity contribution is -0.131. The second-order valence-electron chi connectivity index (χ2n) is 7.35. The van der Waals surface area contributed by atoms with Crippen molar-refractivity contribution in [3.8, 4) is 5.75 Å². The summed E-state index contributed by atoms with van der Waals surface area (Å²) in [5, 5.41) is 0. The third-order valence-electron chi connectivity index (χ3n) is 5.22. The third-order valence-corrected chi connectivity index (χ3v) is 5.22. The molecule has 0 spiro atoms. The SMILES string of the molecule is Cc1ccc(OCCCC(=O)N2CCN(c3cnc4ccccc4n3)CC2)cc1. The van der Waals surface area contributed by atoms with Crippen molar-refractivity contribution in [2.45, 2.75) is 19.8 Å². The van der Waals surface area contributed by atoms with Gasteiger partial charge in [0.05, 0.1) is 23.8 Å². The van der Waals surface area contributed by atoms with Crippen molar-refractivity contribution in [1.29, 1.82) is 0 Å². The van der Waals surface area contributed by atoms with Crippen LogP contribution in [0.4, 0.5) is 5.82 Å². The van der Waals surface area contributed by atoms with E-state index in [4.69, 9.17) is 9.72 Å². The summed E-state index contributed by atoms with van der Waals surface area (Å²) in [6.45, 7) is 5.59. The van der Waals surface area contributed by atoms with Gasteiger partial charge in [-0.1, -0.05) is 29.8 Å². The number of aryl methyl sites for hydroxylation is 1. The number of aromatic nitrogens is 2. The lowest BCUT2D eigenvalue weighted by Gasteiger charge is -2.35. The number of carbonyl (C=O) groups excluding carboxylic acids is 1. The lowest BCUT2D eigenvalue weighted by atomic mass is 10.2. The first kappa shape index (κ1) is 19.2. The van der Waals surface area contributed by atoms with Crippen LogP contribution in [0.3, 0.4) is 0 Å². The number of rotatable bonds is 6. The zero-order chi connectivity index (χ0) is 20.1. The molecule has 1 fully saturated rings. The minimum Gasteiger partial charge on any atom is -0.494 e. The maximum absolute atomic E-state index is 12.5. The van der Waals surface area contributed by atoms with Crippen LogP contribution in [0.1, 0.15) is 18.4 Å². The van der Waals surface area contributed by atoms with Gasteiger partial charge in [-0.25, -0.2) is 4.98 Å². The molecule has 3 aromatic rings. The number of para-hydroxylation sites is 2. The van der Waals surface area contributed by atoms with E-state index in [-0.39, 0.29) is 5.91 Å². The smallest absolute Gasteiger partial charge is 0.222 e. The van der Waals surface area contributed by atoms with Crippen LogP contribution in [0.15, 0.2) is 54.7 Å². The molecule has 2 heterocycles. The van der Waals surface area contributed by atoms with Crippen molar-refractivity contribution in [2.24, 2.45) is 0 Å². The van der Waals surface area contributed by atoms with Crippen molar-refractivity contribution in [2.75, 3.05) is 37.7 Å². The van der Waals surface area contributed by atoms with Gasteiger partial charge in [-0.15, -0.1) is 0 Å². The molecule has 6 nitrogen and oxygen atoms in total. The molecule has 1 amide bonds. The van der Waals surface area contributed by atoms with E-state index in [0.717, 1.165) is 42.1 Å². The highest BCUT2D eigenvalue weighted by Gasteiger charge is 2.22. The highest BCUT2D eigenvalue weighted by Crippen LogP contribution is 2.17. The molecule has 2 aromatic carbocycles. The van der Waals surface area contributed by atoms with Gasteiger partial charge in [0, 0.05) is 32.6 Å². The molecule has 29 heavy (non-hydrogen) atoms. The highest BCUT2D eigenvalue weighted by molar-refractivity contribution is 5.77. The van der Waals surface area contributed by atoms with E-state index in [1.54, 1.807) is 0 Å². The number of piperazine rings is 1. The first-order chi connectivity index (χ1) is 14.2. The van der Waals surface area contributed by atoms with Gasteiger partial charge in [-0.05, 0) is 37.6 Å². The number of anilines is 1. The van der Waals surface area contributed by atoms with Gasteiger partial charge in [0.2, 0.25) is 5.91 Å². The van der Waals surface area contributed by atoms with E-state index >= 15 is 0 Å². The molecule has 1 aliphatic rings. The molecule has 0 saturated carbocycles. The molecule has 1 saturated heterocycles. The molecule has 4 rings (SSSR count). The molecule has 0 radical (unpaired) electrons. The number of carbonyl (C=O) groups is 1. The van der Waals surface area contributed by atoms with Gasteiger partial charge in [0.15, 0.2) is 0 Å². The van der Waals surface area contributed by atoms with E-state index in [1.165, 1.54) is 5.56 Å². The van der Waals surface area contributed by atoms with E-state index in [2.05, 4.69) is 16.8 Å². The third kappa shape index (κ3) is 4.83. The number of ether oxygens (including phenoxy) is 1. The van der Waals surface area contributed by atoms with Gasteiger partial charge in [0.25, 0.3) is 0 Å². The van der Waals surface area contributed by atoms with E-state index < -0.39 is 0 Å². The summed E-state index contributed by atoms with van der Waals surface area (Å²) >= 11 is 0. The van der Waals surface area contributed by atoms with Crippen molar-refractivity contribution in [3.05, 3.63) is 60.3 Å². The number of hydrogen-bond acceptors (Lipinski definition) is 5. The van der Waals surface area contributed by atoms with Crippen molar-refractivity contribution in [1.82, 2.24) is 14.9 Å². The fourth-order valence-corrected chi connectivity index (χ4v) is 3.49. The van der Waals surface area contributed by atoms with Crippen LogP contribution < -0.4 is 9.64 Å². The molecule has 0 aliphatic carbocycles. The Bertz CT molecular complexity index is 966. The fraction of sp³-hybridized carbons (Fsp3) is 0.348. The maximum Gasteiger partial charge on any atom is 0.222 e. The summed E-state index contributed by atoms with van der Waals surface area (Å²) in [5.41, 5.74) is 3.01. The summed E-state index contributed by atoms with van der Waals surface area (Å²) in [6.07, 6.45) is 3.06. The van der Waals surface area contributed by atoms with Crippen molar-refractivity contribution < 1.29 is 9.53 Å². The minimum absolute atomic E-state index is 0.196. The number of fused-ring (bicyclic) bond motifs is 1. The zero-order valence-corrected chi connectivity index (χ0v) is 16.8. The molecule has 0 N–H and O–H groups in total. The van der Waals surface area contributed by atoms with Crippen LogP contribution in [0.5, 0.6) is 5.75 Å². The van der Waals surface area contributed by atoms with Gasteiger partial charge in [0.1, 0.15) is 11.6 Å². The second kappa shape index (κ2) is 8.90. The monoisotopic (exact) mass is 390 g/mol. The average molecular weight is 390 g/mol. The van der Waals surface area contributed by atoms with Gasteiger partial charge < -0.3 is 14.5 Å². The first-order valence-corrected chi connectivity index (χ1v) is 10.1. The first-order valence-electron chi connectivity index (χ1n) is 10.1. The fourth-order valence-electron chi connectivity index (χ4n) is 3.49. The summed E-state index contributed by atoms with van der Waals surface area (Å²) in [6, 6.07) is 15.9. The van der Waals surface area contributed by atoms with Crippen molar-refractivity contribution in [3.63, 3.8) is 0 Å². The Hall–Kier alpha value is -3.15. The molecule has 1 aromatic heterocycles. The molecular formula is C23H26N4O2. The molecule has 0 unspecified atom stereocenters. The standard InChI is InChI=1S/C23H26N4O2/c1-18-8-10-19(11-9-18)29-16-4-7-23(28)27-14-12-26(13-15-27)22-17-24-20-5-2-3-6-21(20)25-22/h2-3,5-6,8-11,17H,4,7,12-16H2,1H3. The predicted octanol–water partition coefficient (Wildman–Crippen LogP) is 3.45. The molecule has 0 atom stereocenters. The predicted molar refractivity (Wildman–Crippen MR) is 114 cm³/mol. The Morgan fingerprint density at radius 1 is 1.00 bits per heavy atom.